The second-order valence-electron chi connectivity index (χ2n) is 6.22. The van der Waals surface area contributed by atoms with Gasteiger partial charge >= 0.3 is 6.09 Å². The smallest absolute Gasteiger partial charge is 0.407 e. The molecule has 106 valence electrons. The fraction of sp³-hybridized carbons (Fsp3) is 0.923. The number of rotatable bonds is 5. The first-order valence-electron chi connectivity index (χ1n) is 6.62. The van der Waals surface area contributed by atoms with Crippen molar-refractivity contribution in [1.82, 2.24) is 10.6 Å². The molecule has 1 fully saturated rings. The number of amides is 1. The van der Waals surface area contributed by atoms with E-state index in [4.69, 9.17) is 4.74 Å². The van der Waals surface area contributed by atoms with Crippen molar-refractivity contribution in [3.63, 3.8) is 0 Å². The van der Waals surface area contributed by atoms with Crippen molar-refractivity contribution in [3.05, 3.63) is 0 Å². The Bertz CT molecular complexity index is 277. The summed E-state index contributed by atoms with van der Waals surface area (Å²) in [5.41, 5.74) is -0.601. The number of hydrogen-bond acceptors (Lipinski definition) is 4. The average molecular weight is 258 g/mol. The first-order valence-corrected chi connectivity index (χ1v) is 6.62. The summed E-state index contributed by atoms with van der Waals surface area (Å²) in [6.45, 7) is 8.16. The maximum Gasteiger partial charge on any atom is 0.407 e. The average Bonchev–Trinajstić information content (AvgIpc) is 2.18. The molecule has 1 aliphatic carbocycles. The minimum absolute atomic E-state index is 0.116. The number of ether oxygens (including phenoxy) is 1. The summed E-state index contributed by atoms with van der Waals surface area (Å²) in [7, 11) is 0. The van der Waals surface area contributed by atoms with Crippen LogP contribution in [0.15, 0.2) is 0 Å². The summed E-state index contributed by atoms with van der Waals surface area (Å²) in [5, 5.41) is 15.4. The molecular weight excluding hydrogens is 232 g/mol. The Morgan fingerprint density at radius 3 is 2.44 bits per heavy atom. The monoisotopic (exact) mass is 258 g/mol. The molecule has 1 unspecified atom stereocenters. The minimum Gasteiger partial charge on any atom is -0.444 e. The lowest BCUT2D eigenvalue weighted by atomic mass is 9.77. The van der Waals surface area contributed by atoms with Gasteiger partial charge in [-0.15, -0.1) is 0 Å². The molecular formula is C13H26N2O3. The standard InChI is InChI=1S/C13H26N2O3/c1-10(15-13(9-16)6-5-7-13)8-14-11(17)18-12(2,3)4/h10,15-16H,5-9H2,1-4H3,(H,14,17). The summed E-state index contributed by atoms with van der Waals surface area (Å²) in [4.78, 5) is 11.5. The van der Waals surface area contributed by atoms with Crippen LogP contribution in [-0.2, 0) is 4.74 Å². The molecule has 1 saturated carbocycles. The summed E-state index contributed by atoms with van der Waals surface area (Å²) in [6.07, 6.45) is 2.75. The van der Waals surface area contributed by atoms with Crippen LogP contribution in [0.4, 0.5) is 4.79 Å². The normalized spacial score (nSPS) is 19.8. The predicted molar refractivity (Wildman–Crippen MR) is 70.5 cm³/mol. The van der Waals surface area contributed by atoms with E-state index in [1.165, 1.54) is 0 Å². The maximum atomic E-state index is 11.5. The Kier molecular flexibility index (Phi) is 4.99. The Labute approximate surface area is 109 Å². The van der Waals surface area contributed by atoms with Crippen molar-refractivity contribution in [3.8, 4) is 0 Å². The first-order chi connectivity index (χ1) is 8.26. The van der Waals surface area contributed by atoms with Crippen LogP contribution in [0.5, 0.6) is 0 Å². The molecule has 1 rings (SSSR count). The Hall–Kier alpha value is -0.810. The maximum absolute atomic E-state index is 11.5. The molecule has 18 heavy (non-hydrogen) atoms. The minimum atomic E-state index is -0.471. The fourth-order valence-electron chi connectivity index (χ4n) is 2.08. The molecule has 0 aromatic heterocycles. The van der Waals surface area contributed by atoms with Crippen molar-refractivity contribution in [2.75, 3.05) is 13.2 Å². The quantitative estimate of drug-likeness (QED) is 0.697. The fourth-order valence-corrected chi connectivity index (χ4v) is 2.08. The van der Waals surface area contributed by atoms with Crippen molar-refractivity contribution in [2.45, 2.75) is 64.1 Å². The van der Waals surface area contributed by atoms with E-state index in [0.29, 0.717) is 6.54 Å². The van der Waals surface area contributed by atoms with Gasteiger partial charge in [-0.2, -0.15) is 0 Å². The molecule has 1 atom stereocenters. The molecule has 0 spiro atoms. The number of carbonyl (C=O) groups excluding carboxylic acids is 1. The van der Waals surface area contributed by atoms with Crippen LogP contribution in [0.25, 0.3) is 0 Å². The number of aliphatic hydroxyl groups excluding tert-OH is 1. The number of nitrogens with one attached hydrogen (secondary N) is 2. The van der Waals surface area contributed by atoms with E-state index in [9.17, 15) is 9.90 Å². The van der Waals surface area contributed by atoms with Gasteiger partial charge in [-0.3, -0.25) is 0 Å². The Morgan fingerprint density at radius 1 is 1.44 bits per heavy atom. The van der Waals surface area contributed by atoms with Gasteiger partial charge in [0.1, 0.15) is 5.60 Å². The van der Waals surface area contributed by atoms with Gasteiger partial charge in [-0.25, -0.2) is 4.79 Å². The molecule has 5 nitrogen and oxygen atoms in total. The van der Waals surface area contributed by atoms with Crippen molar-refractivity contribution in [2.24, 2.45) is 0 Å². The molecule has 0 aromatic carbocycles. The molecule has 0 radical (unpaired) electrons. The van der Waals surface area contributed by atoms with Crippen molar-refractivity contribution >= 4 is 6.09 Å². The van der Waals surface area contributed by atoms with E-state index in [0.717, 1.165) is 19.3 Å². The lowest BCUT2D eigenvalue weighted by Gasteiger charge is -2.43. The number of alkyl carbamates (subject to hydrolysis) is 1. The van der Waals surface area contributed by atoms with Crippen LogP contribution >= 0.6 is 0 Å². The van der Waals surface area contributed by atoms with Gasteiger partial charge in [0, 0.05) is 18.1 Å². The third-order valence-electron chi connectivity index (χ3n) is 3.12. The molecule has 0 heterocycles. The lowest BCUT2D eigenvalue weighted by Crippen LogP contribution is -2.59. The molecule has 0 saturated heterocycles. The van der Waals surface area contributed by atoms with Gasteiger partial charge in [0.15, 0.2) is 0 Å². The van der Waals surface area contributed by atoms with Gasteiger partial charge in [-0.05, 0) is 47.0 Å². The molecule has 5 heteroatoms. The summed E-state index contributed by atoms with van der Waals surface area (Å²) in [5.74, 6) is 0. The van der Waals surface area contributed by atoms with E-state index in [2.05, 4.69) is 10.6 Å². The summed E-state index contributed by atoms with van der Waals surface area (Å²) < 4.78 is 5.16. The zero-order valence-electron chi connectivity index (χ0n) is 11.9. The number of hydrogen-bond donors (Lipinski definition) is 3. The Morgan fingerprint density at radius 2 is 2.06 bits per heavy atom. The van der Waals surface area contributed by atoms with Gasteiger partial charge in [0.2, 0.25) is 0 Å². The van der Waals surface area contributed by atoms with Crippen molar-refractivity contribution < 1.29 is 14.6 Å². The van der Waals surface area contributed by atoms with E-state index < -0.39 is 11.7 Å². The highest BCUT2D eigenvalue weighted by Crippen LogP contribution is 2.31. The van der Waals surface area contributed by atoms with Gasteiger partial charge in [-0.1, -0.05) is 0 Å². The molecule has 3 N–H and O–H groups in total. The van der Waals surface area contributed by atoms with E-state index in [-0.39, 0.29) is 18.2 Å². The molecule has 1 amide bonds. The second kappa shape index (κ2) is 5.89. The van der Waals surface area contributed by atoms with Crippen molar-refractivity contribution in [1.29, 1.82) is 0 Å². The topological polar surface area (TPSA) is 70.6 Å². The van der Waals surface area contributed by atoms with Gasteiger partial charge < -0.3 is 20.5 Å². The number of aliphatic hydroxyl groups is 1. The lowest BCUT2D eigenvalue weighted by molar-refractivity contribution is 0.0502. The first kappa shape index (κ1) is 15.2. The van der Waals surface area contributed by atoms with Crippen LogP contribution in [0.1, 0.15) is 47.0 Å². The van der Waals surface area contributed by atoms with E-state index in [1.807, 2.05) is 27.7 Å². The predicted octanol–water partition coefficient (Wildman–Crippen LogP) is 1.40. The second-order valence-corrected chi connectivity index (χ2v) is 6.22. The zero-order valence-corrected chi connectivity index (χ0v) is 11.9. The van der Waals surface area contributed by atoms with Gasteiger partial charge in [0.05, 0.1) is 6.61 Å². The van der Waals surface area contributed by atoms with Crippen LogP contribution in [-0.4, -0.2) is 41.5 Å². The SMILES string of the molecule is CC(CNC(=O)OC(C)(C)C)NC1(CO)CCC1. The highest BCUT2D eigenvalue weighted by atomic mass is 16.6. The van der Waals surface area contributed by atoms with Gasteiger partial charge in [0.25, 0.3) is 0 Å². The molecule has 1 aliphatic rings. The molecule has 0 aromatic rings. The molecule has 0 aliphatic heterocycles. The largest absolute Gasteiger partial charge is 0.444 e. The third-order valence-corrected chi connectivity index (χ3v) is 3.12. The highest BCUT2D eigenvalue weighted by Gasteiger charge is 2.36. The zero-order chi connectivity index (χ0) is 13.8. The van der Waals surface area contributed by atoms with Crippen LogP contribution in [0.3, 0.4) is 0 Å². The van der Waals surface area contributed by atoms with Crippen LogP contribution in [0.2, 0.25) is 0 Å². The van der Waals surface area contributed by atoms with E-state index >= 15 is 0 Å². The molecule has 0 bridgehead atoms. The number of carbonyl (C=O) groups is 1. The van der Waals surface area contributed by atoms with Crippen LogP contribution in [0, 0.1) is 0 Å². The summed E-state index contributed by atoms with van der Waals surface area (Å²) in [6, 6.07) is 0.116. The summed E-state index contributed by atoms with van der Waals surface area (Å²) >= 11 is 0. The highest BCUT2D eigenvalue weighted by molar-refractivity contribution is 5.67. The van der Waals surface area contributed by atoms with E-state index in [1.54, 1.807) is 0 Å². The Balaban J connectivity index is 2.24. The van der Waals surface area contributed by atoms with Crippen LogP contribution < -0.4 is 10.6 Å². The third kappa shape index (κ3) is 4.82.